The lowest BCUT2D eigenvalue weighted by molar-refractivity contribution is -0.129. The summed E-state index contributed by atoms with van der Waals surface area (Å²) >= 11 is 0. The van der Waals surface area contributed by atoms with E-state index in [4.69, 9.17) is 0 Å². The monoisotopic (exact) mass is 362 g/mol. The van der Waals surface area contributed by atoms with Crippen molar-refractivity contribution in [3.63, 3.8) is 0 Å². The molecule has 1 aromatic carbocycles. The molecule has 2 N–H and O–H groups in total. The molecule has 1 aliphatic heterocycles. The summed E-state index contributed by atoms with van der Waals surface area (Å²) in [6.07, 6.45) is 3.27. The minimum atomic E-state index is -0.0954. The second kappa shape index (κ2) is 7.23. The van der Waals surface area contributed by atoms with E-state index in [-0.39, 0.29) is 11.8 Å². The highest BCUT2D eigenvalue weighted by molar-refractivity contribution is 5.99. The molecule has 0 bridgehead atoms. The smallest absolute Gasteiger partial charge is 0.251 e. The first-order valence-electron chi connectivity index (χ1n) is 9.19. The third-order valence-electron chi connectivity index (χ3n) is 5.08. The van der Waals surface area contributed by atoms with Crippen LogP contribution in [0.4, 0.5) is 0 Å². The Kier molecular flexibility index (Phi) is 4.62. The molecule has 0 unspecified atom stereocenters. The fourth-order valence-electron chi connectivity index (χ4n) is 3.58. The molecule has 27 heavy (non-hydrogen) atoms. The summed E-state index contributed by atoms with van der Waals surface area (Å²) in [7, 11) is 0. The van der Waals surface area contributed by atoms with Gasteiger partial charge < -0.3 is 15.2 Å². The van der Waals surface area contributed by atoms with Crippen molar-refractivity contribution in [2.45, 2.75) is 26.3 Å². The van der Waals surface area contributed by atoms with Gasteiger partial charge in [-0.05, 0) is 30.3 Å². The van der Waals surface area contributed by atoms with Gasteiger partial charge in [-0.2, -0.15) is 0 Å². The first-order chi connectivity index (χ1) is 13.1. The summed E-state index contributed by atoms with van der Waals surface area (Å²) < 4.78 is 0. The molecule has 0 radical (unpaired) electrons. The van der Waals surface area contributed by atoms with Crippen LogP contribution in [-0.4, -0.2) is 39.8 Å². The van der Waals surface area contributed by atoms with Gasteiger partial charge in [-0.1, -0.05) is 6.07 Å². The lowest BCUT2D eigenvalue weighted by Gasteiger charge is -2.26. The largest absolute Gasteiger partial charge is 0.358 e. The van der Waals surface area contributed by atoms with Crippen LogP contribution in [0, 0.1) is 0 Å². The van der Waals surface area contributed by atoms with Gasteiger partial charge in [-0.3, -0.25) is 14.6 Å². The number of carbonyl (C=O) groups excluding carboxylic acids is 2. The van der Waals surface area contributed by atoms with Gasteiger partial charge in [0.2, 0.25) is 5.91 Å². The van der Waals surface area contributed by atoms with E-state index in [2.05, 4.69) is 15.3 Å². The van der Waals surface area contributed by atoms with Gasteiger partial charge in [-0.15, -0.1) is 0 Å². The predicted octanol–water partition coefficient (Wildman–Crippen LogP) is 2.44. The number of hydrogen-bond acceptors (Lipinski definition) is 3. The zero-order chi connectivity index (χ0) is 18.8. The number of hydrogen-bond donors (Lipinski definition) is 2. The van der Waals surface area contributed by atoms with E-state index < -0.39 is 0 Å². The third kappa shape index (κ3) is 3.56. The van der Waals surface area contributed by atoms with E-state index in [1.165, 1.54) is 0 Å². The Labute approximate surface area is 157 Å². The van der Waals surface area contributed by atoms with E-state index in [0.29, 0.717) is 25.1 Å². The Bertz CT molecular complexity index is 994. The average Bonchev–Trinajstić information content (AvgIpc) is 3.05. The van der Waals surface area contributed by atoms with Crippen LogP contribution in [0.1, 0.15) is 34.2 Å². The molecule has 0 saturated carbocycles. The van der Waals surface area contributed by atoms with E-state index in [1.807, 2.05) is 41.3 Å². The lowest BCUT2D eigenvalue weighted by Crippen LogP contribution is -2.33. The van der Waals surface area contributed by atoms with Gasteiger partial charge in [0, 0.05) is 79.0 Å². The summed E-state index contributed by atoms with van der Waals surface area (Å²) in [5.74, 6) is -0.0135. The number of fused-ring (bicyclic) bond motifs is 3. The summed E-state index contributed by atoms with van der Waals surface area (Å²) in [5.41, 5.74) is 4.88. The number of carbonyl (C=O) groups is 2. The molecule has 2 amide bonds. The van der Waals surface area contributed by atoms with Gasteiger partial charge in [0.05, 0.1) is 0 Å². The normalized spacial score (nSPS) is 13.4. The number of nitrogens with one attached hydrogen (secondary N) is 2. The molecule has 6 nitrogen and oxygen atoms in total. The minimum Gasteiger partial charge on any atom is -0.358 e. The van der Waals surface area contributed by atoms with Crippen LogP contribution in [0.15, 0.2) is 42.6 Å². The van der Waals surface area contributed by atoms with Crippen LogP contribution in [0.3, 0.4) is 0 Å². The summed E-state index contributed by atoms with van der Waals surface area (Å²) in [6.45, 7) is 3.46. The Morgan fingerprint density at radius 3 is 2.93 bits per heavy atom. The summed E-state index contributed by atoms with van der Waals surface area (Å²) in [6, 6.07) is 11.5. The van der Waals surface area contributed by atoms with Crippen LogP contribution in [0.2, 0.25) is 0 Å². The number of H-pyrrole nitrogens is 1. The van der Waals surface area contributed by atoms with Gasteiger partial charge >= 0.3 is 0 Å². The molecular weight excluding hydrogens is 340 g/mol. The molecule has 3 heterocycles. The van der Waals surface area contributed by atoms with Crippen molar-refractivity contribution in [3.05, 3.63) is 65.1 Å². The Hall–Kier alpha value is -3.15. The number of aromatic nitrogens is 2. The highest BCUT2D eigenvalue weighted by Crippen LogP contribution is 2.28. The first-order valence-corrected chi connectivity index (χ1v) is 9.19. The molecule has 0 atom stereocenters. The van der Waals surface area contributed by atoms with Gasteiger partial charge in [0.25, 0.3) is 5.91 Å². The standard InChI is InChI=1S/C21H22N4O2/c1-14(26)25-11-8-20-18(13-25)17-12-15(5-6-19(17)24-20)21(27)23-10-7-16-4-2-3-9-22-16/h2-6,9,12,24H,7-8,10-11,13H2,1H3,(H,23,27). The minimum absolute atomic E-state index is 0.0819. The quantitative estimate of drug-likeness (QED) is 0.748. The van der Waals surface area contributed by atoms with Crippen LogP contribution < -0.4 is 5.32 Å². The number of amides is 2. The zero-order valence-corrected chi connectivity index (χ0v) is 15.3. The molecule has 0 fully saturated rings. The molecule has 3 aromatic rings. The molecule has 1 aliphatic rings. The molecule has 4 rings (SSSR count). The van der Waals surface area contributed by atoms with Crippen molar-refractivity contribution < 1.29 is 9.59 Å². The molecule has 2 aromatic heterocycles. The van der Waals surface area contributed by atoms with Crippen molar-refractivity contribution in [1.82, 2.24) is 20.2 Å². The highest BCUT2D eigenvalue weighted by Gasteiger charge is 2.22. The van der Waals surface area contributed by atoms with Crippen molar-refractivity contribution in [3.8, 4) is 0 Å². The maximum absolute atomic E-state index is 12.5. The Morgan fingerprint density at radius 2 is 2.15 bits per heavy atom. The topological polar surface area (TPSA) is 78.1 Å². The Morgan fingerprint density at radius 1 is 1.26 bits per heavy atom. The fourth-order valence-corrected chi connectivity index (χ4v) is 3.58. The van der Waals surface area contributed by atoms with E-state index in [0.717, 1.165) is 40.8 Å². The number of nitrogens with zero attached hydrogens (tertiary/aromatic N) is 2. The number of benzene rings is 1. The fraction of sp³-hybridized carbons (Fsp3) is 0.286. The maximum Gasteiger partial charge on any atom is 0.251 e. The third-order valence-corrected chi connectivity index (χ3v) is 5.08. The van der Waals surface area contributed by atoms with Gasteiger partial charge in [0.15, 0.2) is 0 Å². The van der Waals surface area contributed by atoms with Crippen molar-refractivity contribution in [2.24, 2.45) is 0 Å². The molecular formula is C21H22N4O2. The van der Waals surface area contributed by atoms with Crippen LogP contribution >= 0.6 is 0 Å². The molecule has 6 heteroatoms. The average molecular weight is 362 g/mol. The van der Waals surface area contributed by atoms with Crippen LogP contribution in [-0.2, 0) is 24.2 Å². The molecule has 0 aliphatic carbocycles. The molecule has 0 spiro atoms. The molecule has 138 valence electrons. The second-order valence-electron chi connectivity index (χ2n) is 6.86. The van der Waals surface area contributed by atoms with Crippen molar-refractivity contribution in [2.75, 3.05) is 13.1 Å². The predicted molar refractivity (Wildman–Crippen MR) is 103 cm³/mol. The first kappa shape index (κ1) is 17.3. The van der Waals surface area contributed by atoms with E-state index >= 15 is 0 Å². The number of rotatable bonds is 4. The maximum atomic E-state index is 12.5. The van der Waals surface area contributed by atoms with Crippen LogP contribution in [0.25, 0.3) is 10.9 Å². The Balaban J connectivity index is 1.50. The van der Waals surface area contributed by atoms with E-state index in [9.17, 15) is 9.59 Å². The zero-order valence-electron chi connectivity index (χ0n) is 15.3. The van der Waals surface area contributed by atoms with Crippen molar-refractivity contribution in [1.29, 1.82) is 0 Å². The van der Waals surface area contributed by atoms with Gasteiger partial charge in [-0.25, -0.2) is 0 Å². The SMILES string of the molecule is CC(=O)N1CCc2[nH]c3ccc(C(=O)NCCc4ccccn4)cc3c2C1. The second-order valence-corrected chi connectivity index (χ2v) is 6.86. The summed E-state index contributed by atoms with van der Waals surface area (Å²) in [5, 5.41) is 3.98. The van der Waals surface area contributed by atoms with Crippen molar-refractivity contribution >= 4 is 22.7 Å². The lowest BCUT2D eigenvalue weighted by atomic mass is 10.0. The number of aromatic amines is 1. The highest BCUT2D eigenvalue weighted by atomic mass is 16.2. The van der Waals surface area contributed by atoms with Crippen LogP contribution in [0.5, 0.6) is 0 Å². The summed E-state index contributed by atoms with van der Waals surface area (Å²) in [4.78, 5) is 33.8. The van der Waals surface area contributed by atoms with Gasteiger partial charge in [0.1, 0.15) is 0 Å². The number of pyridine rings is 1. The van der Waals surface area contributed by atoms with E-state index in [1.54, 1.807) is 13.1 Å². The molecule has 0 saturated heterocycles.